The number of halogens is 1. The topological polar surface area (TPSA) is 69.9 Å². The van der Waals surface area contributed by atoms with Crippen molar-refractivity contribution in [1.82, 2.24) is 20.0 Å². The molecule has 0 aliphatic rings. The minimum absolute atomic E-state index is 0.191. The van der Waals surface area contributed by atoms with Crippen LogP contribution in [0, 0.1) is 0 Å². The van der Waals surface area contributed by atoms with Gasteiger partial charge in [-0.1, -0.05) is 11.6 Å². The van der Waals surface area contributed by atoms with Crippen LogP contribution in [0.15, 0.2) is 24.7 Å². The number of hydrogen-bond acceptors (Lipinski definition) is 5. The van der Waals surface area contributed by atoms with Crippen LogP contribution >= 0.6 is 11.6 Å². The SMILES string of the molecule is CCOC(=O)c1cnn(-c2ccnnc2)c1Cl. The Balaban J connectivity index is 2.37. The molecule has 0 saturated heterocycles. The Morgan fingerprint density at radius 1 is 1.47 bits per heavy atom. The number of aromatic nitrogens is 4. The molecule has 7 heteroatoms. The highest BCUT2D eigenvalue weighted by Crippen LogP contribution is 2.20. The van der Waals surface area contributed by atoms with Gasteiger partial charge in [-0.05, 0) is 13.0 Å². The summed E-state index contributed by atoms with van der Waals surface area (Å²) in [6, 6.07) is 1.68. The molecule has 2 heterocycles. The van der Waals surface area contributed by atoms with Crippen molar-refractivity contribution < 1.29 is 9.53 Å². The lowest BCUT2D eigenvalue weighted by atomic mass is 10.4. The molecule has 0 bridgehead atoms. The molecule has 2 aromatic rings. The zero-order chi connectivity index (χ0) is 12.3. The summed E-state index contributed by atoms with van der Waals surface area (Å²) in [7, 11) is 0. The molecular formula is C10H9ClN4O2. The third-order valence-electron chi connectivity index (χ3n) is 2.02. The summed E-state index contributed by atoms with van der Waals surface area (Å²) in [5.74, 6) is -0.495. The Kier molecular flexibility index (Phi) is 3.34. The molecule has 0 N–H and O–H groups in total. The molecule has 0 amide bonds. The number of nitrogens with zero attached hydrogens (tertiary/aromatic N) is 4. The van der Waals surface area contributed by atoms with E-state index >= 15 is 0 Å². The fourth-order valence-corrected chi connectivity index (χ4v) is 1.54. The summed E-state index contributed by atoms with van der Waals surface area (Å²) in [5, 5.41) is 11.5. The second-order valence-corrected chi connectivity index (χ2v) is 3.44. The van der Waals surface area contributed by atoms with E-state index in [1.54, 1.807) is 13.0 Å². The number of esters is 1. The smallest absolute Gasteiger partial charge is 0.342 e. The van der Waals surface area contributed by atoms with Crippen molar-refractivity contribution in [2.75, 3.05) is 6.61 Å². The molecule has 0 saturated carbocycles. The van der Waals surface area contributed by atoms with Crippen molar-refractivity contribution >= 4 is 17.6 Å². The van der Waals surface area contributed by atoms with Crippen molar-refractivity contribution in [3.05, 3.63) is 35.4 Å². The van der Waals surface area contributed by atoms with Gasteiger partial charge in [0.1, 0.15) is 10.7 Å². The molecule has 0 aliphatic carbocycles. The molecular weight excluding hydrogens is 244 g/mol. The van der Waals surface area contributed by atoms with E-state index in [9.17, 15) is 4.79 Å². The van der Waals surface area contributed by atoms with Crippen molar-refractivity contribution in [3.8, 4) is 5.69 Å². The van der Waals surface area contributed by atoms with Crippen molar-refractivity contribution in [2.24, 2.45) is 0 Å². The first kappa shape index (κ1) is 11.5. The Labute approximate surface area is 102 Å². The van der Waals surface area contributed by atoms with Crippen LogP contribution in [0.3, 0.4) is 0 Å². The van der Waals surface area contributed by atoms with E-state index in [0.29, 0.717) is 5.69 Å². The highest BCUT2D eigenvalue weighted by atomic mass is 35.5. The van der Waals surface area contributed by atoms with Gasteiger partial charge in [-0.2, -0.15) is 15.3 Å². The van der Waals surface area contributed by atoms with Gasteiger partial charge in [0.25, 0.3) is 0 Å². The lowest BCUT2D eigenvalue weighted by Gasteiger charge is -2.02. The van der Waals surface area contributed by atoms with E-state index in [2.05, 4.69) is 15.3 Å². The minimum atomic E-state index is -0.495. The van der Waals surface area contributed by atoms with Gasteiger partial charge in [0.2, 0.25) is 0 Å². The zero-order valence-corrected chi connectivity index (χ0v) is 9.76. The molecule has 6 nitrogen and oxygen atoms in total. The van der Waals surface area contributed by atoms with Crippen molar-refractivity contribution in [3.63, 3.8) is 0 Å². The Morgan fingerprint density at radius 2 is 2.29 bits per heavy atom. The highest BCUT2D eigenvalue weighted by molar-refractivity contribution is 6.32. The summed E-state index contributed by atoms with van der Waals surface area (Å²) in [6.45, 7) is 2.01. The monoisotopic (exact) mass is 252 g/mol. The number of rotatable bonds is 3. The van der Waals surface area contributed by atoms with Gasteiger partial charge in [0.05, 0.1) is 30.9 Å². The Morgan fingerprint density at radius 3 is 2.94 bits per heavy atom. The van der Waals surface area contributed by atoms with Crippen LogP contribution in [0.4, 0.5) is 0 Å². The van der Waals surface area contributed by atoms with Crippen LogP contribution in [0.2, 0.25) is 5.15 Å². The second-order valence-electron chi connectivity index (χ2n) is 3.08. The Hall–Kier alpha value is -1.95. The van der Waals surface area contributed by atoms with Crippen LogP contribution in [0.25, 0.3) is 5.69 Å². The molecule has 0 unspecified atom stereocenters. The van der Waals surface area contributed by atoms with Crippen molar-refractivity contribution in [2.45, 2.75) is 6.92 Å². The van der Waals surface area contributed by atoms with E-state index in [-0.39, 0.29) is 17.3 Å². The molecule has 0 atom stereocenters. The number of ether oxygens (including phenoxy) is 1. The largest absolute Gasteiger partial charge is 0.462 e. The highest BCUT2D eigenvalue weighted by Gasteiger charge is 2.17. The van der Waals surface area contributed by atoms with Gasteiger partial charge in [0.15, 0.2) is 0 Å². The number of hydrogen-bond donors (Lipinski definition) is 0. The van der Waals surface area contributed by atoms with E-state index in [1.807, 2.05) is 0 Å². The maximum Gasteiger partial charge on any atom is 0.342 e. The summed E-state index contributed by atoms with van der Waals surface area (Å²) < 4.78 is 6.24. The van der Waals surface area contributed by atoms with Crippen LogP contribution in [-0.4, -0.2) is 32.6 Å². The summed E-state index contributed by atoms with van der Waals surface area (Å²) in [4.78, 5) is 11.5. The maximum absolute atomic E-state index is 11.5. The summed E-state index contributed by atoms with van der Waals surface area (Å²) in [6.07, 6.45) is 4.37. The first-order valence-corrected chi connectivity index (χ1v) is 5.29. The van der Waals surface area contributed by atoms with Crippen LogP contribution in [0.5, 0.6) is 0 Å². The fraction of sp³-hybridized carbons (Fsp3) is 0.200. The molecule has 17 heavy (non-hydrogen) atoms. The summed E-state index contributed by atoms with van der Waals surface area (Å²) >= 11 is 6.04. The zero-order valence-electron chi connectivity index (χ0n) is 9.00. The molecule has 0 spiro atoms. The first-order valence-electron chi connectivity index (χ1n) is 4.91. The van der Waals surface area contributed by atoms with Gasteiger partial charge in [-0.3, -0.25) is 0 Å². The number of carbonyl (C=O) groups excluding carboxylic acids is 1. The van der Waals surface area contributed by atoms with E-state index in [0.717, 1.165) is 0 Å². The standard InChI is InChI=1S/C10H9ClN4O2/c1-2-17-10(16)8-6-14-15(9(8)11)7-3-4-12-13-5-7/h3-6H,2H2,1H3. The van der Waals surface area contributed by atoms with Gasteiger partial charge < -0.3 is 4.74 Å². The predicted molar refractivity (Wildman–Crippen MR) is 60.1 cm³/mol. The van der Waals surface area contributed by atoms with E-state index in [1.165, 1.54) is 23.3 Å². The normalized spacial score (nSPS) is 10.2. The number of carbonyl (C=O) groups is 1. The van der Waals surface area contributed by atoms with Gasteiger partial charge in [0, 0.05) is 0 Å². The predicted octanol–water partition coefficient (Wildman–Crippen LogP) is 1.49. The van der Waals surface area contributed by atoms with E-state index in [4.69, 9.17) is 16.3 Å². The van der Waals surface area contributed by atoms with E-state index < -0.39 is 5.97 Å². The quantitative estimate of drug-likeness (QED) is 0.774. The second kappa shape index (κ2) is 4.92. The lowest BCUT2D eigenvalue weighted by molar-refractivity contribution is 0.0526. The molecule has 0 fully saturated rings. The minimum Gasteiger partial charge on any atom is -0.462 e. The van der Waals surface area contributed by atoms with Crippen LogP contribution in [0.1, 0.15) is 17.3 Å². The third-order valence-corrected chi connectivity index (χ3v) is 2.38. The average Bonchev–Trinajstić information content (AvgIpc) is 2.72. The average molecular weight is 253 g/mol. The molecule has 0 aromatic carbocycles. The maximum atomic E-state index is 11.5. The molecule has 2 aromatic heterocycles. The van der Waals surface area contributed by atoms with Crippen LogP contribution in [-0.2, 0) is 4.74 Å². The first-order chi connectivity index (χ1) is 8.24. The van der Waals surface area contributed by atoms with Gasteiger partial charge in [-0.15, -0.1) is 0 Å². The fourth-order valence-electron chi connectivity index (χ4n) is 1.27. The van der Waals surface area contributed by atoms with Crippen LogP contribution < -0.4 is 0 Å². The summed E-state index contributed by atoms with van der Waals surface area (Å²) in [5.41, 5.74) is 0.853. The van der Waals surface area contributed by atoms with Gasteiger partial charge >= 0.3 is 5.97 Å². The molecule has 2 rings (SSSR count). The molecule has 0 radical (unpaired) electrons. The Bertz CT molecular complexity index is 526. The lowest BCUT2D eigenvalue weighted by Crippen LogP contribution is -2.05. The van der Waals surface area contributed by atoms with Gasteiger partial charge in [-0.25, -0.2) is 9.48 Å². The van der Waals surface area contributed by atoms with Crippen molar-refractivity contribution in [1.29, 1.82) is 0 Å². The third kappa shape index (κ3) is 2.26. The molecule has 88 valence electrons. The molecule has 0 aliphatic heterocycles.